The lowest BCUT2D eigenvalue weighted by atomic mass is 10.2. The molecule has 0 saturated heterocycles. The van der Waals surface area contributed by atoms with Gasteiger partial charge in [0.05, 0.1) is 19.9 Å². The zero-order valence-electron chi connectivity index (χ0n) is 14.4. The highest BCUT2D eigenvalue weighted by atomic mass is 19.1. The number of hydrogen-bond donors (Lipinski definition) is 1. The lowest BCUT2D eigenvalue weighted by Gasteiger charge is -2.17. The van der Waals surface area contributed by atoms with Gasteiger partial charge in [-0.1, -0.05) is 24.3 Å². The Morgan fingerprint density at radius 3 is 2.42 bits per heavy atom. The SMILES string of the molecule is CC[C@H](C(=O)Nc1ccccc1F)n1nnc(C(=O)OC)c1C(=O)OC. The monoisotopic (exact) mass is 364 g/mol. The molecule has 0 aliphatic rings. The fourth-order valence-corrected chi connectivity index (χ4v) is 2.28. The molecule has 0 aliphatic heterocycles. The van der Waals surface area contributed by atoms with Crippen molar-refractivity contribution in [1.82, 2.24) is 15.0 Å². The average Bonchev–Trinajstić information content (AvgIpc) is 3.07. The van der Waals surface area contributed by atoms with E-state index in [4.69, 9.17) is 0 Å². The smallest absolute Gasteiger partial charge is 0.361 e. The number of nitrogens with zero attached hydrogens (tertiary/aromatic N) is 3. The second-order valence-corrected chi connectivity index (χ2v) is 5.11. The van der Waals surface area contributed by atoms with Crippen LogP contribution in [0.1, 0.15) is 40.4 Å². The summed E-state index contributed by atoms with van der Waals surface area (Å²) in [4.78, 5) is 36.4. The number of esters is 2. The van der Waals surface area contributed by atoms with Crippen LogP contribution >= 0.6 is 0 Å². The maximum atomic E-state index is 13.8. The molecule has 0 fully saturated rings. The van der Waals surface area contributed by atoms with Crippen molar-refractivity contribution in [2.24, 2.45) is 0 Å². The summed E-state index contributed by atoms with van der Waals surface area (Å²) in [5, 5.41) is 9.76. The molecule has 1 amide bonds. The summed E-state index contributed by atoms with van der Waals surface area (Å²) >= 11 is 0. The number of aromatic nitrogens is 3. The Morgan fingerprint density at radius 1 is 1.19 bits per heavy atom. The fraction of sp³-hybridized carbons (Fsp3) is 0.312. The number of rotatable bonds is 6. The normalized spacial score (nSPS) is 11.5. The van der Waals surface area contributed by atoms with E-state index in [1.165, 1.54) is 18.2 Å². The topological polar surface area (TPSA) is 112 Å². The van der Waals surface area contributed by atoms with Gasteiger partial charge in [0, 0.05) is 0 Å². The van der Waals surface area contributed by atoms with E-state index in [0.29, 0.717) is 0 Å². The van der Waals surface area contributed by atoms with Crippen LogP contribution in [0.5, 0.6) is 0 Å². The van der Waals surface area contributed by atoms with Crippen LogP contribution in [0, 0.1) is 5.82 Å². The first-order valence-corrected chi connectivity index (χ1v) is 7.61. The van der Waals surface area contributed by atoms with Gasteiger partial charge in [-0.2, -0.15) is 0 Å². The van der Waals surface area contributed by atoms with Crippen molar-refractivity contribution >= 4 is 23.5 Å². The number of hydrogen-bond acceptors (Lipinski definition) is 7. The Bertz CT molecular complexity index is 836. The molecule has 0 saturated carbocycles. The second-order valence-electron chi connectivity index (χ2n) is 5.11. The van der Waals surface area contributed by atoms with Gasteiger partial charge in [0.1, 0.15) is 11.9 Å². The van der Waals surface area contributed by atoms with Crippen LogP contribution in [0.2, 0.25) is 0 Å². The molecule has 2 aromatic rings. The Kier molecular flexibility index (Phi) is 5.99. The maximum absolute atomic E-state index is 13.8. The van der Waals surface area contributed by atoms with E-state index >= 15 is 0 Å². The lowest BCUT2D eigenvalue weighted by Crippen LogP contribution is -2.29. The highest BCUT2D eigenvalue weighted by Gasteiger charge is 2.32. The fourth-order valence-electron chi connectivity index (χ4n) is 2.28. The molecule has 1 N–H and O–H groups in total. The van der Waals surface area contributed by atoms with Gasteiger partial charge < -0.3 is 14.8 Å². The minimum absolute atomic E-state index is 0.0242. The zero-order chi connectivity index (χ0) is 19.3. The van der Waals surface area contributed by atoms with Crippen molar-refractivity contribution < 1.29 is 28.2 Å². The number of carbonyl (C=O) groups is 3. The van der Waals surface area contributed by atoms with Crippen molar-refractivity contribution in [2.75, 3.05) is 19.5 Å². The highest BCUT2D eigenvalue weighted by molar-refractivity contribution is 6.01. The van der Waals surface area contributed by atoms with Crippen molar-refractivity contribution in [3.8, 4) is 0 Å². The summed E-state index contributed by atoms with van der Waals surface area (Å²) in [6, 6.07) is 4.60. The van der Waals surface area contributed by atoms with Crippen molar-refractivity contribution in [1.29, 1.82) is 0 Å². The van der Waals surface area contributed by atoms with Crippen LogP contribution in [-0.2, 0) is 14.3 Å². The first-order chi connectivity index (χ1) is 12.4. The molecule has 0 radical (unpaired) electrons. The van der Waals surface area contributed by atoms with E-state index in [0.717, 1.165) is 18.9 Å². The highest BCUT2D eigenvalue weighted by Crippen LogP contribution is 2.21. The summed E-state index contributed by atoms with van der Waals surface area (Å²) in [6.07, 6.45) is 0.189. The van der Waals surface area contributed by atoms with Crippen molar-refractivity contribution in [3.05, 3.63) is 41.5 Å². The van der Waals surface area contributed by atoms with Crippen LogP contribution < -0.4 is 5.32 Å². The van der Waals surface area contributed by atoms with Crippen LogP contribution in [0.4, 0.5) is 10.1 Å². The molecule has 10 heteroatoms. The molecule has 1 aromatic carbocycles. The number of amides is 1. The van der Waals surface area contributed by atoms with Crippen molar-refractivity contribution in [3.63, 3.8) is 0 Å². The molecule has 138 valence electrons. The number of halogens is 1. The van der Waals surface area contributed by atoms with Crippen LogP contribution in [0.15, 0.2) is 24.3 Å². The summed E-state index contributed by atoms with van der Waals surface area (Å²) < 4.78 is 23.9. The minimum atomic E-state index is -1.03. The van der Waals surface area contributed by atoms with Crippen LogP contribution in [0.25, 0.3) is 0 Å². The standard InChI is InChI=1S/C16H17FN4O5/c1-4-11(14(22)18-10-8-6-5-7-9(10)17)21-13(16(24)26-3)12(19-20-21)15(23)25-2/h5-8,11H,4H2,1-3H3,(H,18,22)/t11-/m1/s1. The summed E-state index contributed by atoms with van der Waals surface area (Å²) in [7, 11) is 2.23. The predicted octanol–water partition coefficient (Wildman–Crippen LogP) is 1.58. The van der Waals surface area contributed by atoms with Crippen molar-refractivity contribution in [2.45, 2.75) is 19.4 Å². The first-order valence-electron chi connectivity index (χ1n) is 7.61. The van der Waals surface area contributed by atoms with Gasteiger partial charge in [0.25, 0.3) is 0 Å². The Morgan fingerprint density at radius 2 is 1.85 bits per heavy atom. The van der Waals surface area contributed by atoms with E-state index in [2.05, 4.69) is 25.1 Å². The number of benzene rings is 1. The minimum Gasteiger partial charge on any atom is -0.464 e. The quantitative estimate of drug-likeness (QED) is 0.774. The molecule has 26 heavy (non-hydrogen) atoms. The molecular weight excluding hydrogens is 347 g/mol. The van der Waals surface area contributed by atoms with Crippen LogP contribution in [0.3, 0.4) is 0 Å². The van der Waals surface area contributed by atoms with E-state index in [-0.39, 0.29) is 23.5 Å². The summed E-state index contributed by atoms with van der Waals surface area (Å²) in [5.41, 5.74) is -0.727. The predicted molar refractivity (Wildman–Crippen MR) is 87.1 cm³/mol. The molecule has 0 bridgehead atoms. The summed E-state index contributed by atoms with van der Waals surface area (Å²) in [6.45, 7) is 1.66. The maximum Gasteiger partial charge on any atom is 0.361 e. The second kappa shape index (κ2) is 8.19. The van der Waals surface area contributed by atoms with E-state index in [1.807, 2.05) is 0 Å². The number of anilines is 1. The summed E-state index contributed by atoms with van der Waals surface area (Å²) in [5.74, 6) is -3.06. The lowest BCUT2D eigenvalue weighted by molar-refractivity contribution is -0.119. The van der Waals surface area contributed by atoms with Gasteiger partial charge in [0.2, 0.25) is 11.6 Å². The van der Waals surface area contributed by atoms with E-state index in [9.17, 15) is 18.8 Å². The molecular formula is C16H17FN4O5. The van der Waals surface area contributed by atoms with Crippen LogP contribution in [-0.4, -0.2) is 47.1 Å². The third-order valence-electron chi connectivity index (χ3n) is 3.57. The molecule has 1 atom stereocenters. The van der Waals surface area contributed by atoms with Gasteiger partial charge in [-0.3, -0.25) is 4.79 Å². The molecule has 1 heterocycles. The molecule has 0 unspecified atom stereocenters. The third kappa shape index (κ3) is 3.68. The molecule has 0 spiro atoms. The van der Waals surface area contributed by atoms with Gasteiger partial charge >= 0.3 is 11.9 Å². The van der Waals surface area contributed by atoms with E-state index in [1.54, 1.807) is 13.0 Å². The Hall–Kier alpha value is -3.30. The molecule has 2 rings (SSSR count). The van der Waals surface area contributed by atoms with Gasteiger partial charge in [-0.25, -0.2) is 18.7 Å². The zero-order valence-corrected chi connectivity index (χ0v) is 14.4. The number of nitrogens with one attached hydrogen (secondary N) is 1. The van der Waals surface area contributed by atoms with Gasteiger partial charge in [0.15, 0.2) is 5.69 Å². The van der Waals surface area contributed by atoms with E-state index < -0.39 is 29.7 Å². The molecule has 0 aliphatic carbocycles. The van der Waals surface area contributed by atoms with Gasteiger partial charge in [-0.05, 0) is 18.6 Å². The number of ether oxygens (including phenoxy) is 2. The number of para-hydroxylation sites is 1. The average molecular weight is 364 g/mol. The number of methoxy groups -OCH3 is 2. The largest absolute Gasteiger partial charge is 0.464 e. The molecule has 9 nitrogen and oxygen atoms in total. The Balaban J connectivity index is 2.42. The van der Waals surface area contributed by atoms with Gasteiger partial charge in [-0.15, -0.1) is 5.10 Å². The molecule has 1 aromatic heterocycles. The first kappa shape index (κ1) is 19.0. The number of carbonyl (C=O) groups excluding carboxylic acids is 3. The third-order valence-corrected chi connectivity index (χ3v) is 3.57. The Labute approximate surface area is 148 Å².